The molecule has 5 nitrogen and oxygen atoms in total. The van der Waals surface area contributed by atoms with E-state index < -0.39 is 0 Å². The lowest BCUT2D eigenvalue weighted by atomic mass is 10.2. The summed E-state index contributed by atoms with van der Waals surface area (Å²) in [6.07, 6.45) is 0. The third kappa shape index (κ3) is 2.67. The molecule has 0 saturated carbocycles. The highest BCUT2D eigenvalue weighted by atomic mass is 35.5. The Morgan fingerprint density at radius 2 is 1.91 bits per heavy atom. The first-order chi connectivity index (χ1) is 11.2. The van der Waals surface area contributed by atoms with Gasteiger partial charge in [-0.05, 0) is 36.4 Å². The topological polar surface area (TPSA) is 56.5 Å². The van der Waals surface area contributed by atoms with Crippen molar-refractivity contribution < 1.29 is 4.74 Å². The van der Waals surface area contributed by atoms with Crippen LogP contribution in [-0.4, -0.2) is 14.6 Å². The van der Waals surface area contributed by atoms with Crippen molar-refractivity contribution in [3.05, 3.63) is 68.9 Å². The summed E-state index contributed by atoms with van der Waals surface area (Å²) in [5.41, 5.74) is 0.505. The van der Waals surface area contributed by atoms with E-state index in [1.807, 2.05) is 18.2 Å². The highest BCUT2D eigenvalue weighted by Gasteiger charge is 2.11. The number of aromatic nitrogens is 3. The molecule has 0 unspecified atom stereocenters. The number of nitrogens with zero attached hydrogens (tertiary/aromatic N) is 3. The second kappa shape index (κ2) is 5.64. The van der Waals surface area contributed by atoms with E-state index >= 15 is 0 Å². The molecule has 0 spiro atoms. The van der Waals surface area contributed by atoms with Gasteiger partial charge in [-0.3, -0.25) is 4.79 Å². The summed E-state index contributed by atoms with van der Waals surface area (Å²) in [6.45, 7) is 0.269. The van der Waals surface area contributed by atoms with Gasteiger partial charge in [0.1, 0.15) is 12.4 Å². The molecule has 0 saturated heterocycles. The normalized spacial score (nSPS) is 11.2. The fraction of sp³-hybridized carbons (Fsp3) is 0.0625. The number of rotatable bonds is 3. The average molecular weight is 344 g/mol. The zero-order valence-corrected chi connectivity index (χ0v) is 13.3. The molecule has 0 aliphatic rings. The highest BCUT2D eigenvalue weighted by molar-refractivity contribution is 7.16. The maximum Gasteiger partial charge on any atom is 0.283 e. The molecule has 0 N–H and O–H groups in total. The van der Waals surface area contributed by atoms with Gasteiger partial charge >= 0.3 is 0 Å². The Labute approximate surface area is 139 Å². The van der Waals surface area contributed by atoms with E-state index in [1.165, 1.54) is 15.9 Å². The summed E-state index contributed by atoms with van der Waals surface area (Å²) >= 11 is 7.18. The van der Waals surface area contributed by atoms with Gasteiger partial charge in [0.2, 0.25) is 4.96 Å². The smallest absolute Gasteiger partial charge is 0.283 e. The zero-order valence-electron chi connectivity index (χ0n) is 11.8. The Kier molecular flexibility index (Phi) is 3.48. The number of halogens is 1. The lowest BCUT2D eigenvalue weighted by Crippen LogP contribution is -2.15. The molecule has 0 aliphatic carbocycles. The van der Waals surface area contributed by atoms with E-state index in [9.17, 15) is 4.79 Å². The Morgan fingerprint density at radius 1 is 1.13 bits per heavy atom. The van der Waals surface area contributed by atoms with Crippen molar-refractivity contribution in [2.45, 2.75) is 6.61 Å². The molecule has 2 aromatic carbocycles. The van der Waals surface area contributed by atoms with Gasteiger partial charge in [-0.15, -0.1) is 0 Å². The van der Waals surface area contributed by atoms with Crippen LogP contribution in [0.1, 0.15) is 5.01 Å². The molecule has 0 fully saturated rings. The summed E-state index contributed by atoms with van der Waals surface area (Å²) in [5, 5.41) is 6.19. The van der Waals surface area contributed by atoms with Crippen LogP contribution in [0.25, 0.3) is 15.9 Å². The third-order valence-electron chi connectivity index (χ3n) is 3.32. The molecule has 23 heavy (non-hydrogen) atoms. The van der Waals surface area contributed by atoms with Crippen molar-refractivity contribution in [3.8, 4) is 5.75 Å². The van der Waals surface area contributed by atoms with Crippen molar-refractivity contribution in [2.24, 2.45) is 0 Å². The van der Waals surface area contributed by atoms with E-state index in [2.05, 4.69) is 10.1 Å². The van der Waals surface area contributed by atoms with E-state index in [4.69, 9.17) is 16.3 Å². The molecule has 0 radical (unpaired) electrons. The van der Waals surface area contributed by atoms with Crippen LogP contribution in [0.15, 0.2) is 53.3 Å². The molecule has 7 heteroatoms. The fourth-order valence-corrected chi connectivity index (χ4v) is 3.16. The van der Waals surface area contributed by atoms with Gasteiger partial charge in [0.15, 0.2) is 5.01 Å². The predicted octanol–water partition coefficient (Wildman–Crippen LogP) is 3.54. The monoisotopic (exact) mass is 343 g/mol. The number of hydrogen-bond acceptors (Lipinski definition) is 5. The van der Waals surface area contributed by atoms with E-state index in [0.29, 0.717) is 31.6 Å². The maximum absolute atomic E-state index is 12.4. The van der Waals surface area contributed by atoms with Gasteiger partial charge in [-0.1, -0.05) is 35.1 Å². The number of para-hydroxylation sites is 1. The summed E-state index contributed by atoms with van der Waals surface area (Å²) < 4.78 is 6.99. The molecule has 2 heterocycles. The van der Waals surface area contributed by atoms with Crippen molar-refractivity contribution in [2.75, 3.05) is 0 Å². The molecule has 0 aliphatic heterocycles. The summed E-state index contributed by atoms with van der Waals surface area (Å²) in [4.78, 5) is 17.5. The molecule has 4 aromatic rings. The van der Waals surface area contributed by atoms with Gasteiger partial charge in [0.25, 0.3) is 5.56 Å². The van der Waals surface area contributed by atoms with Gasteiger partial charge < -0.3 is 4.74 Å². The van der Waals surface area contributed by atoms with Crippen molar-refractivity contribution in [1.29, 1.82) is 0 Å². The predicted molar refractivity (Wildman–Crippen MR) is 90.4 cm³/mol. The molecule has 2 aromatic heterocycles. The summed E-state index contributed by atoms with van der Waals surface area (Å²) in [6, 6.07) is 14.3. The second-order valence-electron chi connectivity index (χ2n) is 4.87. The zero-order chi connectivity index (χ0) is 15.8. The Bertz CT molecular complexity index is 1060. The quantitative estimate of drug-likeness (QED) is 0.571. The standard InChI is InChI=1S/C16H10ClN3O2S/c17-10-5-7-11(8-6-10)22-9-14-19-20-15(21)12-3-1-2-4-13(12)18-16(20)23-14/h1-8H,9H2. The number of benzene rings is 2. The van der Waals surface area contributed by atoms with Crippen LogP contribution in [0.4, 0.5) is 0 Å². The first-order valence-electron chi connectivity index (χ1n) is 6.86. The minimum Gasteiger partial charge on any atom is -0.486 e. The van der Waals surface area contributed by atoms with Crippen LogP contribution in [0.3, 0.4) is 0 Å². The van der Waals surface area contributed by atoms with Gasteiger partial charge in [-0.25, -0.2) is 4.98 Å². The first-order valence-corrected chi connectivity index (χ1v) is 8.06. The lowest BCUT2D eigenvalue weighted by Gasteiger charge is -2.02. The highest BCUT2D eigenvalue weighted by Crippen LogP contribution is 2.19. The van der Waals surface area contributed by atoms with E-state index in [0.717, 1.165) is 0 Å². The Morgan fingerprint density at radius 3 is 2.74 bits per heavy atom. The fourth-order valence-electron chi connectivity index (χ4n) is 2.23. The molecule has 0 atom stereocenters. The summed E-state index contributed by atoms with van der Waals surface area (Å²) in [5.74, 6) is 0.694. The maximum atomic E-state index is 12.4. The largest absolute Gasteiger partial charge is 0.486 e. The molecular weight excluding hydrogens is 334 g/mol. The Hall–Kier alpha value is -2.44. The first kappa shape index (κ1) is 14.2. The molecule has 0 amide bonds. The summed E-state index contributed by atoms with van der Waals surface area (Å²) in [7, 11) is 0. The number of fused-ring (bicyclic) bond motifs is 2. The molecule has 4 rings (SSSR count). The second-order valence-corrected chi connectivity index (χ2v) is 6.34. The minimum absolute atomic E-state index is 0.167. The van der Waals surface area contributed by atoms with Crippen molar-refractivity contribution in [1.82, 2.24) is 14.6 Å². The third-order valence-corrected chi connectivity index (χ3v) is 4.45. The molecule has 114 valence electrons. The van der Waals surface area contributed by atoms with Crippen LogP contribution in [0, 0.1) is 0 Å². The Balaban J connectivity index is 1.68. The molecular formula is C16H10ClN3O2S. The van der Waals surface area contributed by atoms with Crippen LogP contribution < -0.4 is 10.3 Å². The van der Waals surface area contributed by atoms with Gasteiger partial charge in [0, 0.05) is 5.02 Å². The van der Waals surface area contributed by atoms with Gasteiger partial charge in [0.05, 0.1) is 10.9 Å². The van der Waals surface area contributed by atoms with E-state index in [-0.39, 0.29) is 12.2 Å². The van der Waals surface area contributed by atoms with Crippen LogP contribution >= 0.6 is 22.9 Å². The van der Waals surface area contributed by atoms with Crippen LogP contribution in [0.2, 0.25) is 5.02 Å². The number of ether oxygens (including phenoxy) is 1. The van der Waals surface area contributed by atoms with Gasteiger partial charge in [-0.2, -0.15) is 9.61 Å². The van der Waals surface area contributed by atoms with E-state index in [1.54, 1.807) is 30.3 Å². The average Bonchev–Trinajstić information content (AvgIpc) is 2.98. The number of hydrogen-bond donors (Lipinski definition) is 0. The van der Waals surface area contributed by atoms with Crippen LogP contribution in [-0.2, 0) is 6.61 Å². The molecule has 0 bridgehead atoms. The lowest BCUT2D eigenvalue weighted by molar-refractivity contribution is 0.304. The minimum atomic E-state index is -0.167. The van der Waals surface area contributed by atoms with Crippen LogP contribution in [0.5, 0.6) is 5.75 Å². The SMILES string of the molecule is O=c1c2ccccc2nc2sc(COc3ccc(Cl)cc3)nn12. The van der Waals surface area contributed by atoms with Crippen molar-refractivity contribution >= 4 is 38.8 Å². The van der Waals surface area contributed by atoms with Crippen molar-refractivity contribution in [3.63, 3.8) is 0 Å².